The predicted molar refractivity (Wildman–Crippen MR) is 105 cm³/mol. The van der Waals surface area contributed by atoms with Crippen LogP contribution < -0.4 is 0 Å². The zero-order valence-electron chi connectivity index (χ0n) is 17.0. The van der Waals surface area contributed by atoms with E-state index in [9.17, 15) is 9.59 Å². The Kier molecular flexibility index (Phi) is 5.02. The first-order chi connectivity index (χ1) is 13.1. The number of rotatable bonds is 4. The van der Waals surface area contributed by atoms with Crippen molar-refractivity contribution in [2.75, 3.05) is 0 Å². The third kappa shape index (κ3) is 3.93. The molecule has 3 aromatic rings. The lowest BCUT2D eigenvalue weighted by Crippen LogP contribution is -2.25. The molecule has 28 heavy (non-hydrogen) atoms. The highest BCUT2D eigenvalue weighted by Gasteiger charge is 2.24. The maximum Gasteiger partial charge on any atom is 0.379 e. The average molecular weight is 380 g/mol. The quantitative estimate of drug-likeness (QED) is 0.509. The minimum absolute atomic E-state index is 0.00102. The number of esters is 1. The first-order valence-corrected chi connectivity index (χ1v) is 9.13. The molecule has 1 unspecified atom stereocenters. The molecule has 2 heterocycles. The molecule has 0 aliphatic heterocycles. The summed E-state index contributed by atoms with van der Waals surface area (Å²) in [6.45, 7) is 11.5. The molecule has 0 aliphatic carbocycles. The summed E-state index contributed by atoms with van der Waals surface area (Å²) in [6, 6.07) is 9.19. The molecule has 0 spiro atoms. The van der Waals surface area contributed by atoms with Gasteiger partial charge in [-0.3, -0.25) is 4.79 Å². The van der Waals surface area contributed by atoms with E-state index in [1.807, 2.05) is 32.0 Å². The van der Waals surface area contributed by atoms with Crippen molar-refractivity contribution in [3.05, 3.63) is 58.7 Å². The highest BCUT2D eigenvalue weighted by molar-refractivity contribution is 6.01. The fourth-order valence-corrected chi connectivity index (χ4v) is 2.89. The van der Waals surface area contributed by atoms with Crippen LogP contribution in [0.25, 0.3) is 5.78 Å². The summed E-state index contributed by atoms with van der Waals surface area (Å²) in [4.78, 5) is 33.4. The second-order valence-corrected chi connectivity index (χ2v) is 7.93. The number of carbonyl (C=O) groups is 2. The van der Waals surface area contributed by atoms with Crippen LogP contribution in [0.4, 0.5) is 0 Å². The van der Waals surface area contributed by atoms with Crippen molar-refractivity contribution < 1.29 is 14.3 Å². The fraction of sp³-hybridized carbons (Fsp3) is 0.381. The van der Waals surface area contributed by atoms with Gasteiger partial charge in [-0.15, -0.1) is 5.10 Å². The van der Waals surface area contributed by atoms with E-state index in [-0.39, 0.29) is 17.0 Å². The van der Waals surface area contributed by atoms with Gasteiger partial charge < -0.3 is 4.74 Å². The molecule has 3 rings (SSSR count). The number of fused-ring (bicyclic) bond motifs is 1. The van der Waals surface area contributed by atoms with Gasteiger partial charge in [0.15, 0.2) is 6.10 Å². The summed E-state index contributed by atoms with van der Waals surface area (Å²) in [5.41, 5.74) is 3.20. The Bertz CT molecular complexity index is 1050. The van der Waals surface area contributed by atoms with E-state index in [0.29, 0.717) is 11.3 Å². The van der Waals surface area contributed by atoms with Gasteiger partial charge in [-0.1, -0.05) is 45.0 Å². The van der Waals surface area contributed by atoms with Crippen molar-refractivity contribution in [3.8, 4) is 0 Å². The number of aromatic nitrogens is 4. The van der Waals surface area contributed by atoms with E-state index in [2.05, 4.69) is 35.8 Å². The number of hydrogen-bond donors (Lipinski definition) is 0. The number of nitrogens with zero attached hydrogens (tertiary/aromatic N) is 4. The summed E-state index contributed by atoms with van der Waals surface area (Å²) in [5, 5.41) is 4.13. The van der Waals surface area contributed by atoms with E-state index in [4.69, 9.17) is 4.74 Å². The Balaban J connectivity index is 1.75. The molecule has 1 atom stereocenters. The molecular formula is C21H24N4O3. The lowest BCUT2D eigenvalue weighted by Gasteiger charge is -2.19. The third-order valence-corrected chi connectivity index (χ3v) is 4.49. The summed E-state index contributed by atoms with van der Waals surface area (Å²) in [6.07, 6.45) is -0.949. The Morgan fingerprint density at radius 1 is 1.07 bits per heavy atom. The summed E-state index contributed by atoms with van der Waals surface area (Å²) < 4.78 is 6.77. The normalized spacial score (nSPS) is 12.8. The van der Waals surface area contributed by atoms with Crippen molar-refractivity contribution in [2.45, 2.75) is 53.1 Å². The molecule has 0 bridgehead atoms. The van der Waals surface area contributed by atoms with Crippen LogP contribution in [0.5, 0.6) is 0 Å². The Hall–Kier alpha value is -3.09. The monoisotopic (exact) mass is 380 g/mol. The fourth-order valence-electron chi connectivity index (χ4n) is 2.89. The maximum absolute atomic E-state index is 12.6. The maximum atomic E-state index is 12.6. The lowest BCUT2D eigenvalue weighted by atomic mass is 9.86. The number of aryl methyl sites for hydroxylation is 2. The van der Waals surface area contributed by atoms with Crippen LogP contribution in [0.3, 0.4) is 0 Å². The van der Waals surface area contributed by atoms with Crippen LogP contribution in [0, 0.1) is 13.8 Å². The molecule has 7 heteroatoms. The van der Waals surface area contributed by atoms with Gasteiger partial charge in [0.05, 0.1) is 0 Å². The van der Waals surface area contributed by atoms with E-state index in [1.54, 1.807) is 19.1 Å². The molecule has 146 valence electrons. The number of ketones is 1. The zero-order valence-corrected chi connectivity index (χ0v) is 17.0. The summed E-state index contributed by atoms with van der Waals surface area (Å²) in [5.74, 6) is -0.831. The van der Waals surface area contributed by atoms with Gasteiger partial charge in [0.1, 0.15) is 0 Å². The highest BCUT2D eigenvalue weighted by atomic mass is 16.5. The number of Topliss-reactive ketones (excluding diaryl/α,β-unsaturated/α-hetero) is 1. The van der Waals surface area contributed by atoms with E-state index >= 15 is 0 Å². The van der Waals surface area contributed by atoms with E-state index in [1.165, 1.54) is 4.52 Å². The second kappa shape index (κ2) is 7.14. The van der Waals surface area contributed by atoms with E-state index in [0.717, 1.165) is 17.0 Å². The largest absolute Gasteiger partial charge is 0.448 e. The number of benzene rings is 1. The Labute approximate surface area is 163 Å². The van der Waals surface area contributed by atoms with Crippen LogP contribution >= 0.6 is 0 Å². The van der Waals surface area contributed by atoms with Crippen LogP contribution in [0.1, 0.15) is 65.6 Å². The number of ether oxygens (including phenoxy) is 1. The molecule has 1 aromatic carbocycles. The second-order valence-electron chi connectivity index (χ2n) is 7.93. The van der Waals surface area contributed by atoms with Gasteiger partial charge in [0, 0.05) is 17.0 Å². The summed E-state index contributed by atoms with van der Waals surface area (Å²) in [7, 11) is 0. The lowest BCUT2D eigenvalue weighted by molar-refractivity contribution is 0.0307. The van der Waals surface area contributed by atoms with Crippen molar-refractivity contribution in [3.63, 3.8) is 0 Å². The van der Waals surface area contributed by atoms with Crippen LogP contribution in [-0.4, -0.2) is 37.4 Å². The van der Waals surface area contributed by atoms with Gasteiger partial charge in [-0.2, -0.15) is 4.98 Å². The number of carbonyl (C=O) groups excluding carboxylic acids is 2. The predicted octanol–water partition coefficient (Wildman–Crippen LogP) is 3.47. The first kappa shape index (κ1) is 19.7. The van der Waals surface area contributed by atoms with E-state index < -0.39 is 12.1 Å². The van der Waals surface area contributed by atoms with Crippen molar-refractivity contribution >= 4 is 17.5 Å². The minimum Gasteiger partial charge on any atom is -0.448 e. The van der Waals surface area contributed by atoms with Gasteiger partial charge in [-0.25, -0.2) is 14.3 Å². The third-order valence-electron chi connectivity index (χ3n) is 4.49. The van der Waals surface area contributed by atoms with Crippen molar-refractivity contribution in [1.82, 2.24) is 19.6 Å². The SMILES string of the molecule is Cc1cc(C)n2nc(C(=O)OC(C)C(=O)c3ccc(C(C)(C)C)cc3)nc2n1. The molecule has 0 fully saturated rings. The molecule has 0 aliphatic rings. The Morgan fingerprint density at radius 2 is 1.71 bits per heavy atom. The molecule has 0 saturated carbocycles. The van der Waals surface area contributed by atoms with Crippen LogP contribution in [-0.2, 0) is 10.2 Å². The highest BCUT2D eigenvalue weighted by Crippen LogP contribution is 2.22. The zero-order chi connectivity index (χ0) is 20.6. The molecule has 0 radical (unpaired) electrons. The summed E-state index contributed by atoms with van der Waals surface area (Å²) >= 11 is 0. The first-order valence-electron chi connectivity index (χ1n) is 9.13. The minimum atomic E-state index is -0.949. The molecule has 2 aromatic heterocycles. The van der Waals surface area contributed by atoms with Gasteiger partial charge >= 0.3 is 5.97 Å². The molecule has 7 nitrogen and oxygen atoms in total. The van der Waals surface area contributed by atoms with Gasteiger partial charge in [0.25, 0.3) is 11.6 Å². The molecule has 0 saturated heterocycles. The molecule has 0 amide bonds. The standard InChI is InChI=1S/C21H24N4O3/c1-12-11-13(2)25-20(22-12)23-18(24-25)19(27)28-14(3)17(26)15-7-9-16(10-8-15)21(4,5)6/h7-11,14H,1-6H3. The van der Waals surface area contributed by atoms with Crippen molar-refractivity contribution in [1.29, 1.82) is 0 Å². The van der Waals surface area contributed by atoms with Crippen LogP contribution in [0.2, 0.25) is 0 Å². The van der Waals surface area contributed by atoms with Gasteiger partial charge in [-0.05, 0) is 37.8 Å². The topological polar surface area (TPSA) is 86.5 Å². The Morgan fingerprint density at radius 3 is 2.32 bits per heavy atom. The average Bonchev–Trinajstić information content (AvgIpc) is 3.05. The van der Waals surface area contributed by atoms with Gasteiger partial charge in [0.2, 0.25) is 5.78 Å². The smallest absolute Gasteiger partial charge is 0.379 e. The molecule has 0 N–H and O–H groups in total. The van der Waals surface area contributed by atoms with Crippen LogP contribution in [0.15, 0.2) is 30.3 Å². The van der Waals surface area contributed by atoms with Crippen molar-refractivity contribution in [2.24, 2.45) is 0 Å². The molecular weight excluding hydrogens is 356 g/mol. The number of hydrogen-bond acceptors (Lipinski definition) is 6.